The van der Waals surface area contributed by atoms with Gasteiger partial charge >= 0.3 is 0 Å². The molecular weight excluding hydrogens is 210 g/mol. The highest BCUT2D eigenvalue weighted by atomic mass is 16.5. The minimum absolute atomic E-state index is 0.0685. The summed E-state index contributed by atoms with van der Waals surface area (Å²) in [5.41, 5.74) is 2.86. The van der Waals surface area contributed by atoms with E-state index in [0.29, 0.717) is 6.04 Å². The van der Waals surface area contributed by atoms with Crippen molar-refractivity contribution in [3.05, 3.63) is 42.0 Å². The summed E-state index contributed by atoms with van der Waals surface area (Å²) in [5, 5.41) is 3.52. The zero-order chi connectivity index (χ0) is 12.3. The SMILES string of the molecule is C=CC(C)Oc1ccc2c(c1)CCC2NCC. The third-order valence-electron chi connectivity index (χ3n) is 3.30. The van der Waals surface area contributed by atoms with E-state index in [1.54, 1.807) is 0 Å². The number of aryl methyl sites for hydroxylation is 1. The molecule has 1 aliphatic rings. The van der Waals surface area contributed by atoms with Crippen LogP contribution in [0.3, 0.4) is 0 Å². The number of benzene rings is 1. The van der Waals surface area contributed by atoms with E-state index in [0.717, 1.165) is 18.7 Å². The Morgan fingerprint density at radius 2 is 2.41 bits per heavy atom. The Morgan fingerprint density at radius 1 is 1.59 bits per heavy atom. The second-order valence-corrected chi connectivity index (χ2v) is 4.57. The first-order valence-corrected chi connectivity index (χ1v) is 6.40. The fraction of sp³-hybridized carbons (Fsp3) is 0.467. The Bertz CT molecular complexity index is 400. The second kappa shape index (κ2) is 5.37. The Labute approximate surface area is 104 Å². The molecule has 0 fully saturated rings. The fourth-order valence-electron chi connectivity index (χ4n) is 2.39. The molecule has 0 radical (unpaired) electrons. The molecule has 1 aromatic rings. The molecule has 2 atom stereocenters. The standard InChI is InChI=1S/C15H21NO/c1-4-11(3)17-13-7-8-14-12(10-13)6-9-15(14)16-5-2/h4,7-8,10-11,15-16H,1,5-6,9H2,2-3H3. The van der Waals surface area contributed by atoms with E-state index in [4.69, 9.17) is 4.74 Å². The molecule has 0 saturated carbocycles. The lowest BCUT2D eigenvalue weighted by Crippen LogP contribution is -2.18. The Hall–Kier alpha value is -1.28. The van der Waals surface area contributed by atoms with E-state index >= 15 is 0 Å². The third-order valence-corrected chi connectivity index (χ3v) is 3.30. The molecule has 1 aromatic carbocycles. The molecule has 0 aliphatic heterocycles. The number of fused-ring (bicyclic) bond motifs is 1. The molecule has 1 N–H and O–H groups in total. The molecule has 0 bridgehead atoms. The zero-order valence-electron chi connectivity index (χ0n) is 10.7. The van der Waals surface area contributed by atoms with Crippen molar-refractivity contribution in [3.63, 3.8) is 0 Å². The van der Waals surface area contributed by atoms with Crippen molar-refractivity contribution in [1.29, 1.82) is 0 Å². The van der Waals surface area contributed by atoms with Gasteiger partial charge in [-0.05, 0) is 49.6 Å². The van der Waals surface area contributed by atoms with Crippen molar-refractivity contribution in [3.8, 4) is 5.75 Å². The van der Waals surface area contributed by atoms with Gasteiger partial charge in [0.1, 0.15) is 11.9 Å². The van der Waals surface area contributed by atoms with Crippen molar-refractivity contribution in [2.45, 2.75) is 38.8 Å². The highest BCUT2D eigenvalue weighted by molar-refractivity contribution is 5.40. The summed E-state index contributed by atoms with van der Waals surface area (Å²) in [6.07, 6.45) is 4.23. The second-order valence-electron chi connectivity index (χ2n) is 4.57. The van der Waals surface area contributed by atoms with E-state index in [1.165, 1.54) is 17.5 Å². The summed E-state index contributed by atoms with van der Waals surface area (Å²) < 4.78 is 5.75. The van der Waals surface area contributed by atoms with Gasteiger partial charge in [0, 0.05) is 6.04 Å². The van der Waals surface area contributed by atoms with Crippen LogP contribution in [0.15, 0.2) is 30.9 Å². The highest BCUT2D eigenvalue weighted by Gasteiger charge is 2.21. The largest absolute Gasteiger partial charge is 0.487 e. The van der Waals surface area contributed by atoms with Crippen LogP contribution in [-0.2, 0) is 6.42 Å². The van der Waals surface area contributed by atoms with E-state index < -0.39 is 0 Å². The maximum absolute atomic E-state index is 5.75. The molecule has 2 nitrogen and oxygen atoms in total. The topological polar surface area (TPSA) is 21.3 Å². The van der Waals surface area contributed by atoms with Crippen LogP contribution < -0.4 is 10.1 Å². The van der Waals surface area contributed by atoms with Crippen LogP contribution in [0.25, 0.3) is 0 Å². The number of nitrogens with one attached hydrogen (secondary N) is 1. The first-order chi connectivity index (χ1) is 8.24. The molecule has 0 aromatic heterocycles. The Kier molecular flexibility index (Phi) is 3.85. The van der Waals surface area contributed by atoms with Crippen LogP contribution >= 0.6 is 0 Å². The Morgan fingerprint density at radius 3 is 3.12 bits per heavy atom. The maximum Gasteiger partial charge on any atom is 0.120 e. The van der Waals surface area contributed by atoms with Gasteiger partial charge < -0.3 is 10.1 Å². The van der Waals surface area contributed by atoms with Gasteiger partial charge in [0.25, 0.3) is 0 Å². The number of rotatable bonds is 5. The summed E-state index contributed by atoms with van der Waals surface area (Å²) in [5.74, 6) is 0.952. The van der Waals surface area contributed by atoms with Crippen LogP contribution in [0, 0.1) is 0 Å². The molecule has 17 heavy (non-hydrogen) atoms. The molecule has 2 unspecified atom stereocenters. The molecule has 1 aliphatic carbocycles. The van der Waals surface area contributed by atoms with Crippen molar-refractivity contribution in [2.24, 2.45) is 0 Å². The van der Waals surface area contributed by atoms with Gasteiger partial charge in [-0.25, -0.2) is 0 Å². The Balaban J connectivity index is 2.13. The van der Waals surface area contributed by atoms with Crippen LogP contribution in [0.1, 0.15) is 37.4 Å². The van der Waals surface area contributed by atoms with E-state index in [2.05, 4.69) is 37.0 Å². The van der Waals surface area contributed by atoms with Gasteiger partial charge in [-0.1, -0.05) is 25.6 Å². The third kappa shape index (κ3) is 2.70. The lowest BCUT2D eigenvalue weighted by Gasteiger charge is -2.14. The summed E-state index contributed by atoms with van der Waals surface area (Å²) >= 11 is 0. The normalized spacial score (nSPS) is 19.8. The van der Waals surface area contributed by atoms with E-state index in [9.17, 15) is 0 Å². The lowest BCUT2D eigenvalue weighted by atomic mass is 10.1. The first-order valence-electron chi connectivity index (χ1n) is 6.40. The average molecular weight is 231 g/mol. The van der Waals surface area contributed by atoms with Gasteiger partial charge in [0.2, 0.25) is 0 Å². The van der Waals surface area contributed by atoms with Crippen LogP contribution in [0.4, 0.5) is 0 Å². The quantitative estimate of drug-likeness (QED) is 0.785. The van der Waals surface area contributed by atoms with Gasteiger partial charge in [-0.3, -0.25) is 0 Å². The van der Waals surface area contributed by atoms with Crippen molar-refractivity contribution >= 4 is 0 Å². The van der Waals surface area contributed by atoms with Crippen LogP contribution in [-0.4, -0.2) is 12.6 Å². The van der Waals surface area contributed by atoms with Crippen LogP contribution in [0.5, 0.6) is 5.75 Å². The number of hydrogen-bond acceptors (Lipinski definition) is 2. The molecule has 0 heterocycles. The smallest absolute Gasteiger partial charge is 0.120 e. The molecule has 0 spiro atoms. The summed E-state index contributed by atoms with van der Waals surface area (Å²) in [6.45, 7) is 8.91. The van der Waals surface area contributed by atoms with Crippen molar-refractivity contribution in [1.82, 2.24) is 5.32 Å². The fourth-order valence-corrected chi connectivity index (χ4v) is 2.39. The van der Waals surface area contributed by atoms with Crippen molar-refractivity contribution < 1.29 is 4.74 Å². The van der Waals surface area contributed by atoms with Gasteiger partial charge in [-0.15, -0.1) is 0 Å². The molecule has 2 rings (SSSR count). The number of ether oxygens (including phenoxy) is 1. The van der Waals surface area contributed by atoms with Gasteiger partial charge in [0.05, 0.1) is 0 Å². The van der Waals surface area contributed by atoms with Gasteiger partial charge in [-0.2, -0.15) is 0 Å². The zero-order valence-corrected chi connectivity index (χ0v) is 10.7. The van der Waals surface area contributed by atoms with Crippen molar-refractivity contribution in [2.75, 3.05) is 6.54 Å². The maximum atomic E-state index is 5.75. The number of hydrogen-bond donors (Lipinski definition) is 1. The lowest BCUT2D eigenvalue weighted by molar-refractivity contribution is 0.270. The average Bonchev–Trinajstić information content (AvgIpc) is 2.72. The predicted octanol–water partition coefficient (Wildman–Crippen LogP) is 3.24. The molecule has 0 amide bonds. The molecule has 92 valence electrons. The monoisotopic (exact) mass is 231 g/mol. The first kappa shape index (κ1) is 12.2. The van der Waals surface area contributed by atoms with E-state index in [1.807, 2.05) is 13.0 Å². The molecule has 0 saturated heterocycles. The van der Waals surface area contributed by atoms with Crippen LogP contribution in [0.2, 0.25) is 0 Å². The summed E-state index contributed by atoms with van der Waals surface area (Å²) in [6, 6.07) is 6.96. The highest BCUT2D eigenvalue weighted by Crippen LogP contribution is 2.33. The summed E-state index contributed by atoms with van der Waals surface area (Å²) in [7, 11) is 0. The molecule has 2 heteroatoms. The minimum atomic E-state index is 0.0685. The summed E-state index contributed by atoms with van der Waals surface area (Å²) in [4.78, 5) is 0. The van der Waals surface area contributed by atoms with E-state index in [-0.39, 0.29) is 6.10 Å². The van der Waals surface area contributed by atoms with Gasteiger partial charge in [0.15, 0.2) is 0 Å². The molecular formula is C15H21NO. The predicted molar refractivity (Wildman–Crippen MR) is 71.5 cm³/mol. The minimum Gasteiger partial charge on any atom is -0.487 e.